The van der Waals surface area contributed by atoms with E-state index >= 15 is 0 Å². The van der Waals surface area contributed by atoms with Crippen molar-refractivity contribution in [3.8, 4) is 0 Å². The smallest absolute Gasteiger partial charge is 0.274 e. The van der Waals surface area contributed by atoms with Crippen molar-refractivity contribution in [2.75, 3.05) is 13.1 Å². The number of ether oxygens (including phenoxy) is 1. The lowest BCUT2D eigenvalue weighted by Gasteiger charge is -2.41. The molecule has 1 aliphatic heterocycles. The predicted octanol–water partition coefficient (Wildman–Crippen LogP) is 1.78. The molecule has 134 valence electrons. The second kappa shape index (κ2) is 5.42. The molecule has 7 nitrogen and oxygen atoms in total. The summed E-state index contributed by atoms with van der Waals surface area (Å²) in [5.74, 6) is 0.287. The summed E-state index contributed by atoms with van der Waals surface area (Å²) in [4.78, 5) is 32.1. The topological polar surface area (TPSA) is 80.2 Å². The number of nitrogens with zero attached hydrogens (tertiary/aromatic N) is 3. The van der Waals surface area contributed by atoms with E-state index in [0.717, 1.165) is 18.5 Å². The maximum Gasteiger partial charge on any atom is 0.274 e. The zero-order valence-corrected chi connectivity index (χ0v) is 15.1. The Morgan fingerprint density at radius 1 is 1.40 bits per heavy atom. The van der Waals surface area contributed by atoms with Gasteiger partial charge in [-0.3, -0.25) is 19.4 Å². The second-order valence-electron chi connectivity index (χ2n) is 7.94. The minimum absolute atomic E-state index is 0.0398. The molecule has 7 heteroatoms. The van der Waals surface area contributed by atoms with Gasteiger partial charge >= 0.3 is 0 Å². The Bertz CT molecular complexity index is 907. The van der Waals surface area contributed by atoms with Crippen LogP contribution in [0.1, 0.15) is 55.6 Å². The summed E-state index contributed by atoms with van der Waals surface area (Å²) in [6.07, 6.45) is 2.14. The number of carbonyl (C=O) groups is 1. The quantitative estimate of drug-likeness (QED) is 0.900. The van der Waals surface area contributed by atoms with Crippen molar-refractivity contribution in [3.05, 3.63) is 27.7 Å². The van der Waals surface area contributed by atoms with E-state index in [-0.39, 0.29) is 17.6 Å². The van der Waals surface area contributed by atoms with E-state index in [1.807, 2.05) is 26.8 Å². The lowest BCUT2D eigenvalue weighted by atomic mass is 10.0. The highest BCUT2D eigenvalue weighted by molar-refractivity contribution is 6.05. The predicted molar refractivity (Wildman–Crippen MR) is 93.8 cm³/mol. The summed E-state index contributed by atoms with van der Waals surface area (Å²) >= 11 is 0. The molecule has 3 heterocycles. The highest BCUT2D eigenvalue weighted by Crippen LogP contribution is 2.40. The van der Waals surface area contributed by atoms with Gasteiger partial charge in [-0.15, -0.1) is 0 Å². The van der Waals surface area contributed by atoms with Gasteiger partial charge in [-0.05, 0) is 39.7 Å². The van der Waals surface area contributed by atoms with E-state index in [1.165, 1.54) is 0 Å². The average molecular weight is 344 g/mol. The molecule has 1 saturated heterocycles. The molecule has 0 radical (unpaired) electrons. The summed E-state index contributed by atoms with van der Waals surface area (Å²) < 4.78 is 7.50. The van der Waals surface area contributed by atoms with Gasteiger partial charge in [0.15, 0.2) is 5.65 Å². The van der Waals surface area contributed by atoms with Gasteiger partial charge in [-0.2, -0.15) is 0 Å². The van der Waals surface area contributed by atoms with Crippen molar-refractivity contribution >= 4 is 16.9 Å². The SMILES string of the molecule is CC1CN(C(=O)c2cc(C3CC3)nc3c2c(=O)[nH]n3C)CC(C)(C)O1. The van der Waals surface area contributed by atoms with Crippen molar-refractivity contribution in [1.29, 1.82) is 0 Å². The number of rotatable bonds is 2. The first-order valence-corrected chi connectivity index (χ1v) is 8.82. The van der Waals surface area contributed by atoms with Gasteiger partial charge in [0.25, 0.3) is 11.5 Å². The average Bonchev–Trinajstić information content (AvgIpc) is 3.31. The number of hydrogen-bond acceptors (Lipinski definition) is 4. The molecule has 1 aliphatic carbocycles. The molecule has 0 bridgehead atoms. The number of aromatic amines is 1. The van der Waals surface area contributed by atoms with Gasteiger partial charge in [-0.1, -0.05) is 0 Å². The maximum atomic E-state index is 13.3. The Balaban J connectivity index is 1.82. The molecule has 1 saturated carbocycles. The van der Waals surface area contributed by atoms with E-state index in [2.05, 4.69) is 10.1 Å². The fraction of sp³-hybridized carbons (Fsp3) is 0.611. The van der Waals surface area contributed by atoms with Crippen molar-refractivity contribution in [2.45, 2.75) is 51.2 Å². The fourth-order valence-electron chi connectivity index (χ4n) is 3.81. The van der Waals surface area contributed by atoms with Gasteiger partial charge in [-0.25, -0.2) is 4.98 Å². The van der Waals surface area contributed by atoms with Crippen molar-refractivity contribution in [3.63, 3.8) is 0 Å². The molecule has 4 rings (SSSR count). The van der Waals surface area contributed by atoms with Gasteiger partial charge in [0.1, 0.15) is 0 Å². The van der Waals surface area contributed by atoms with E-state index < -0.39 is 5.60 Å². The summed E-state index contributed by atoms with van der Waals surface area (Å²) in [7, 11) is 1.75. The third-order valence-corrected chi connectivity index (χ3v) is 4.92. The van der Waals surface area contributed by atoms with E-state index in [1.54, 1.807) is 16.6 Å². The number of fused-ring (bicyclic) bond motifs is 1. The summed E-state index contributed by atoms with van der Waals surface area (Å²) in [5, 5.41) is 3.11. The number of aryl methyl sites for hydroxylation is 1. The van der Waals surface area contributed by atoms with Crippen molar-refractivity contribution in [1.82, 2.24) is 19.7 Å². The van der Waals surface area contributed by atoms with Gasteiger partial charge in [0.05, 0.1) is 22.7 Å². The highest BCUT2D eigenvalue weighted by Gasteiger charge is 2.36. The molecule has 1 atom stereocenters. The van der Waals surface area contributed by atoms with Gasteiger partial charge < -0.3 is 9.64 Å². The van der Waals surface area contributed by atoms with Crippen LogP contribution >= 0.6 is 0 Å². The van der Waals surface area contributed by atoms with Crippen LogP contribution < -0.4 is 5.56 Å². The van der Waals surface area contributed by atoms with Crippen LogP contribution in [0.3, 0.4) is 0 Å². The number of nitrogens with one attached hydrogen (secondary N) is 1. The molecular weight excluding hydrogens is 320 g/mol. The zero-order chi connectivity index (χ0) is 17.9. The molecule has 25 heavy (non-hydrogen) atoms. The lowest BCUT2D eigenvalue weighted by Crippen LogP contribution is -2.53. The van der Waals surface area contributed by atoms with Crippen LogP contribution in [0, 0.1) is 0 Å². The van der Waals surface area contributed by atoms with Gasteiger partial charge in [0.2, 0.25) is 0 Å². The number of hydrogen-bond donors (Lipinski definition) is 1. The van der Waals surface area contributed by atoms with Crippen LogP contribution in [0.25, 0.3) is 11.0 Å². The van der Waals surface area contributed by atoms with Gasteiger partial charge in [0, 0.05) is 31.7 Å². The van der Waals surface area contributed by atoms with Crippen LogP contribution in [0.15, 0.2) is 10.9 Å². The second-order valence-corrected chi connectivity index (χ2v) is 7.94. The number of pyridine rings is 1. The molecule has 2 aromatic rings. The molecule has 1 amide bonds. The number of aromatic nitrogens is 3. The monoisotopic (exact) mass is 344 g/mol. The molecule has 2 aromatic heterocycles. The minimum Gasteiger partial charge on any atom is -0.369 e. The molecule has 1 unspecified atom stereocenters. The molecular formula is C18H24N4O3. The first-order chi connectivity index (χ1) is 11.7. The maximum absolute atomic E-state index is 13.3. The number of amides is 1. The Hall–Kier alpha value is -2.15. The Kier molecular flexibility index (Phi) is 3.54. The fourth-order valence-corrected chi connectivity index (χ4v) is 3.81. The first-order valence-electron chi connectivity index (χ1n) is 8.82. The first kappa shape index (κ1) is 16.3. The van der Waals surface area contributed by atoms with Crippen LogP contribution in [-0.2, 0) is 11.8 Å². The Labute approximate surface area is 146 Å². The molecule has 1 N–H and O–H groups in total. The molecule has 2 aliphatic rings. The van der Waals surface area contributed by atoms with E-state index in [0.29, 0.717) is 35.6 Å². The molecule has 2 fully saturated rings. The largest absolute Gasteiger partial charge is 0.369 e. The standard InChI is InChI=1S/C18H24N4O3/c1-10-8-22(9-18(2,3)25-10)17(24)12-7-13(11-5-6-11)19-15-14(12)16(23)20-21(15)4/h7,10-11H,5-6,8-9H2,1-4H3,(H,20,23). The van der Waals surface area contributed by atoms with E-state index in [4.69, 9.17) is 4.74 Å². The van der Waals surface area contributed by atoms with Crippen LogP contribution in [0.2, 0.25) is 0 Å². The number of carbonyl (C=O) groups excluding carboxylic acids is 1. The third-order valence-electron chi connectivity index (χ3n) is 4.92. The number of H-pyrrole nitrogens is 1. The molecule has 0 spiro atoms. The lowest BCUT2D eigenvalue weighted by molar-refractivity contribution is -0.118. The molecule has 0 aromatic carbocycles. The third kappa shape index (κ3) is 2.86. The van der Waals surface area contributed by atoms with E-state index in [9.17, 15) is 9.59 Å². The van der Waals surface area contributed by atoms with Crippen molar-refractivity contribution < 1.29 is 9.53 Å². The summed E-state index contributed by atoms with van der Waals surface area (Å²) in [6.45, 7) is 6.96. The van der Waals surface area contributed by atoms with Crippen LogP contribution in [-0.4, -0.2) is 50.4 Å². The normalized spacial score (nSPS) is 23.2. The Morgan fingerprint density at radius 3 is 2.76 bits per heavy atom. The van der Waals surface area contributed by atoms with Crippen LogP contribution in [0.5, 0.6) is 0 Å². The van der Waals surface area contributed by atoms with Crippen LogP contribution in [0.4, 0.5) is 0 Å². The number of morpholine rings is 1. The Morgan fingerprint density at radius 2 is 2.12 bits per heavy atom. The zero-order valence-electron chi connectivity index (χ0n) is 15.1. The van der Waals surface area contributed by atoms with Crippen molar-refractivity contribution in [2.24, 2.45) is 7.05 Å². The highest BCUT2D eigenvalue weighted by atomic mass is 16.5. The summed E-state index contributed by atoms with van der Waals surface area (Å²) in [6, 6.07) is 1.82. The minimum atomic E-state index is -0.401. The summed E-state index contributed by atoms with van der Waals surface area (Å²) in [5.41, 5.74) is 1.25.